The van der Waals surface area contributed by atoms with Crippen LogP contribution in [0.15, 0.2) is 18.2 Å². The highest BCUT2D eigenvalue weighted by atomic mass is 35.5. The first-order valence-electron chi connectivity index (χ1n) is 3.79. The average Bonchev–Trinajstić information content (AvgIpc) is 2.19. The fraction of sp³-hybridized carbons (Fsp3) is 0.111. The van der Waals surface area contributed by atoms with E-state index in [-0.39, 0.29) is 5.56 Å². The lowest BCUT2D eigenvalue weighted by molar-refractivity contribution is -0.148. The Bertz CT molecular complexity index is 420. The summed E-state index contributed by atoms with van der Waals surface area (Å²) in [7, 11) is 0. The quantitative estimate of drug-likeness (QED) is 0.642. The molecule has 1 N–H and O–H groups in total. The van der Waals surface area contributed by atoms with E-state index in [1.807, 2.05) is 0 Å². The molecule has 1 aromatic carbocycles. The normalized spacial score (nSPS) is 12.2. The highest BCUT2D eigenvalue weighted by molar-refractivity contribution is 6.47. The van der Waals surface area contributed by atoms with Crippen LogP contribution in [0.5, 0.6) is 0 Å². The van der Waals surface area contributed by atoms with E-state index in [0.717, 1.165) is 12.1 Å². The Balaban J connectivity index is 3.02. The Morgan fingerprint density at radius 3 is 2.33 bits per heavy atom. The van der Waals surface area contributed by atoms with Gasteiger partial charge in [-0.05, 0) is 17.7 Å². The number of carboxylic acids is 1. The number of hydrogen-bond donors (Lipinski definition) is 1. The Morgan fingerprint density at radius 2 is 1.87 bits per heavy atom. The van der Waals surface area contributed by atoms with Crippen LogP contribution in [0.1, 0.15) is 10.9 Å². The van der Waals surface area contributed by atoms with E-state index in [2.05, 4.69) is 0 Å². The van der Waals surface area contributed by atoms with Crippen molar-refractivity contribution in [1.82, 2.24) is 0 Å². The Labute approximate surface area is 88.3 Å². The number of aliphatic carboxylic acids is 1. The minimum Gasteiger partial charge on any atom is -0.475 e. The van der Waals surface area contributed by atoms with Crippen LogP contribution in [-0.4, -0.2) is 16.9 Å². The van der Waals surface area contributed by atoms with E-state index in [1.54, 1.807) is 0 Å². The van der Waals surface area contributed by atoms with Gasteiger partial charge in [0.2, 0.25) is 0 Å². The zero-order valence-electron chi connectivity index (χ0n) is 7.21. The molecular formula is C9H5ClF2O3. The first-order chi connectivity index (χ1) is 6.93. The maximum absolute atomic E-state index is 12.7. The summed E-state index contributed by atoms with van der Waals surface area (Å²) in [5, 5.41) is 6.82. The zero-order valence-corrected chi connectivity index (χ0v) is 7.96. The van der Waals surface area contributed by atoms with E-state index >= 15 is 0 Å². The molecule has 0 aliphatic carbocycles. The molecule has 15 heavy (non-hydrogen) atoms. The lowest BCUT2D eigenvalue weighted by Gasteiger charge is -2.05. The van der Waals surface area contributed by atoms with Crippen molar-refractivity contribution >= 4 is 23.4 Å². The molecule has 0 radical (unpaired) electrons. The smallest absolute Gasteiger partial charge is 0.374 e. The van der Waals surface area contributed by atoms with Crippen molar-refractivity contribution in [1.29, 1.82) is 0 Å². The van der Waals surface area contributed by atoms with Gasteiger partial charge < -0.3 is 5.11 Å². The lowest BCUT2D eigenvalue weighted by Crippen LogP contribution is -2.18. The number of carbonyl (C=O) groups excluding carboxylic acids is 1. The molecule has 0 fully saturated rings. The fourth-order valence-electron chi connectivity index (χ4n) is 0.930. The first kappa shape index (κ1) is 11.6. The summed E-state index contributed by atoms with van der Waals surface area (Å²) < 4.78 is 25.2. The van der Waals surface area contributed by atoms with Gasteiger partial charge >= 0.3 is 5.97 Å². The summed E-state index contributed by atoms with van der Waals surface area (Å²) in [4.78, 5) is 21.2. The molecule has 0 saturated heterocycles. The second kappa shape index (κ2) is 4.35. The van der Waals surface area contributed by atoms with E-state index in [9.17, 15) is 18.4 Å². The highest BCUT2D eigenvalue weighted by Gasteiger charge is 2.24. The van der Waals surface area contributed by atoms with Gasteiger partial charge in [0.1, 0.15) is 5.38 Å². The van der Waals surface area contributed by atoms with Crippen LogP contribution in [0.3, 0.4) is 0 Å². The van der Waals surface area contributed by atoms with Crippen LogP contribution in [0.25, 0.3) is 0 Å². The van der Waals surface area contributed by atoms with E-state index < -0.39 is 28.8 Å². The number of ketones is 1. The highest BCUT2D eigenvalue weighted by Crippen LogP contribution is 2.23. The monoisotopic (exact) mass is 234 g/mol. The average molecular weight is 235 g/mol. The SMILES string of the molecule is O=C(O)C(=O)C(Cl)c1ccc(F)c(F)c1. The van der Waals surface area contributed by atoms with Crippen molar-refractivity contribution < 1.29 is 23.5 Å². The predicted octanol–water partition coefficient (Wildman–Crippen LogP) is 1.90. The van der Waals surface area contributed by atoms with Gasteiger partial charge in [0.25, 0.3) is 5.78 Å². The van der Waals surface area contributed by atoms with Gasteiger partial charge in [-0.2, -0.15) is 0 Å². The molecular weight excluding hydrogens is 230 g/mol. The number of carboxylic acid groups (broad SMARTS) is 1. The van der Waals surface area contributed by atoms with Crippen LogP contribution >= 0.6 is 11.6 Å². The van der Waals surface area contributed by atoms with Gasteiger partial charge in [-0.1, -0.05) is 6.07 Å². The van der Waals surface area contributed by atoms with Crippen LogP contribution < -0.4 is 0 Å². The van der Waals surface area contributed by atoms with E-state index in [4.69, 9.17) is 16.7 Å². The molecule has 0 bridgehead atoms. The molecule has 0 saturated carbocycles. The number of benzene rings is 1. The molecule has 1 atom stereocenters. The van der Waals surface area contributed by atoms with Crippen molar-refractivity contribution in [2.45, 2.75) is 5.38 Å². The van der Waals surface area contributed by atoms with Gasteiger partial charge in [0.05, 0.1) is 0 Å². The zero-order chi connectivity index (χ0) is 11.6. The third kappa shape index (κ3) is 2.50. The third-order valence-corrected chi connectivity index (χ3v) is 2.13. The molecule has 0 aliphatic rings. The Hall–Kier alpha value is -1.49. The van der Waals surface area contributed by atoms with Crippen LogP contribution in [0.4, 0.5) is 8.78 Å². The van der Waals surface area contributed by atoms with Crippen LogP contribution in [-0.2, 0) is 9.59 Å². The lowest BCUT2D eigenvalue weighted by atomic mass is 10.1. The number of rotatable bonds is 3. The minimum absolute atomic E-state index is 0.0945. The molecule has 0 aromatic heterocycles. The van der Waals surface area contributed by atoms with Crippen molar-refractivity contribution in [2.75, 3.05) is 0 Å². The minimum atomic E-state index is -1.72. The van der Waals surface area contributed by atoms with E-state index in [0.29, 0.717) is 6.07 Å². The Morgan fingerprint density at radius 1 is 1.27 bits per heavy atom. The fourth-order valence-corrected chi connectivity index (χ4v) is 1.16. The number of alkyl halides is 1. The molecule has 0 heterocycles. The molecule has 80 valence electrons. The van der Waals surface area contributed by atoms with Crippen LogP contribution in [0, 0.1) is 11.6 Å². The van der Waals surface area contributed by atoms with Crippen molar-refractivity contribution in [3.8, 4) is 0 Å². The van der Waals surface area contributed by atoms with Gasteiger partial charge in [-0.25, -0.2) is 13.6 Å². The standard InChI is InChI=1S/C9H5ClF2O3/c10-7(8(13)9(14)15)4-1-2-5(11)6(12)3-4/h1-3,7H,(H,14,15). The Kier molecular flexibility index (Phi) is 3.36. The summed E-state index contributed by atoms with van der Waals surface area (Å²) in [6.45, 7) is 0. The summed E-state index contributed by atoms with van der Waals surface area (Å²) in [6, 6.07) is 2.51. The molecule has 1 rings (SSSR count). The molecule has 1 unspecified atom stereocenters. The molecule has 6 heteroatoms. The second-order valence-corrected chi connectivity index (χ2v) is 3.14. The summed E-state index contributed by atoms with van der Waals surface area (Å²) in [5.74, 6) is -5.29. The predicted molar refractivity (Wildman–Crippen MR) is 47.6 cm³/mol. The maximum atomic E-state index is 12.7. The topological polar surface area (TPSA) is 54.4 Å². The van der Waals surface area contributed by atoms with Gasteiger partial charge in [0, 0.05) is 0 Å². The summed E-state index contributed by atoms with van der Waals surface area (Å²) >= 11 is 5.46. The van der Waals surface area contributed by atoms with Crippen molar-refractivity contribution in [2.24, 2.45) is 0 Å². The van der Waals surface area contributed by atoms with Crippen molar-refractivity contribution in [3.05, 3.63) is 35.4 Å². The van der Waals surface area contributed by atoms with Crippen molar-refractivity contribution in [3.63, 3.8) is 0 Å². The molecule has 0 spiro atoms. The number of carbonyl (C=O) groups is 2. The van der Waals surface area contributed by atoms with Gasteiger partial charge in [-0.3, -0.25) is 4.79 Å². The molecule has 1 aromatic rings. The van der Waals surface area contributed by atoms with Gasteiger partial charge in [0.15, 0.2) is 11.6 Å². The maximum Gasteiger partial charge on any atom is 0.374 e. The second-order valence-electron chi connectivity index (χ2n) is 2.71. The number of hydrogen-bond acceptors (Lipinski definition) is 2. The first-order valence-corrected chi connectivity index (χ1v) is 4.23. The number of Topliss-reactive ketones (excluding diaryl/α,β-unsaturated/α-hetero) is 1. The largest absolute Gasteiger partial charge is 0.475 e. The van der Waals surface area contributed by atoms with Crippen LogP contribution in [0.2, 0.25) is 0 Å². The third-order valence-electron chi connectivity index (χ3n) is 1.68. The summed E-state index contributed by atoms with van der Waals surface area (Å²) in [6.07, 6.45) is 0. The molecule has 0 amide bonds. The van der Waals surface area contributed by atoms with E-state index in [1.165, 1.54) is 0 Å². The molecule has 3 nitrogen and oxygen atoms in total. The summed E-state index contributed by atoms with van der Waals surface area (Å²) in [5.41, 5.74) is -0.0945. The number of halogens is 3. The van der Waals surface area contributed by atoms with Gasteiger partial charge in [-0.15, -0.1) is 11.6 Å². The molecule has 0 aliphatic heterocycles.